The lowest BCUT2D eigenvalue weighted by atomic mass is 10.2. The third-order valence-corrected chi connectivity index (χ3v) is 5.14. The zero-order chi connectivity index (χ0) is 20.8. The Kier molecular flexibility index (Phi) is 6.19. The maximum absolute atomic E-state index is 12.9. The molecule has 0 fully saturated rings. The minimum Gasteiger partial charge on any atom is -0.475 e. The van der Waals surface area contributed by atoms with E-state index in [0.29, 0.717) is 23.9 Å². The molecular formula is C21H18FN5O2S. The lowest BCUT2D eigenvalue weighted by Gasteiger charge is -2.08. The van der Waals surface area contributed by atoms with Gasteiger partial charge in [-0.25, -0.2) is 4.39 Å². The Morgan fingerprint density at radius 1 is 1.03 bits per heavy atom. The second-order valence-electron chi connectivity index (χ2n) is 6.27. The van der Waals surface area contributed by atoms with E-state index in [1.54, 1.807) is 28.8 Å². The van der Waals surface area contributed by atoms with Crippen LogP contribution in [0.25, 0.3) is 17.0 Å². The molecule has 1 amide bonds. The molecule has 0 unspecified atom stereocenters. The fourth-order valence-corrected chi connectivity index (χ4v) is 3.42. The molecular weight excluding hydrogens is 405 g/mol. The molecule has 4 rings (SSSR count). The van der Waals surface area contributed by atoms with Crippen LogP contribution in [0, 0.1) is 5.82 Å². The molecule has 4 aromatic rings. The highest BCUT2D eigenvalue weighted by molar-refractivity contribution is 8.00. The Bertz CT molecular complexity index is 1140. The fraction of sp³-hybridized carbons (Fsp3) is 0.143. The minimum atomic E-state index is -0.296. The van der Waals surface area contributed by atoms with Crippen molar-refractivity contribution in [2.45, 2.75) is 4.90 Å². The summed E-state index contributed by atoms with van der Waals surface area (Å²) in [6.45, 7) is 0.616. The number of ether oxygens (including phenoxy) is 1. The van der Waals surface area contributed by atoms with E-state index in [1.807, 2.05) is 30.3 Å². The van der Waals surface area contributed by atoms with Crippen LogP contribution in [-0.4, -0.2) is 44.6 Å². The Morgan fingerprint density at radius 3 is 2.63 bits per heavy atom. The van der Waals surface area contributed by atoms with Crippen LogP contribution in [0.3, 0.4) is 0 Å². The summed E-state index contributed by atoms with van der Waals surface area (Å²) in [6.07, 6.45) is 0. The number of carbonyl (C=O) groups excluding carboxylic acids is 1. The monoisotopic (exact) mass is 423 g/mol. The van der Waals surface area contributed by atoms with Crippen LogP contribution >= 0.6 is 11.8 Å². The summed E-state index contributed by atoms with van der Waals surface area (Å²) in [5.74, 6) is 0.866. The maximum Gasteiger partial charge on any atom is 0.231 e. The van der Waals surface area contributed by atoms with E-state index in [9.17, 15) is 9.18 Å². The van der Waals surface area contributed by atoms with E-state index in [2.05, 4.69) is 20.6 Å². The van der Waals surface area contributed by atoms with Gasteiger partial charge in [0.15, 0.2) is 11.5 Å². The second kappa shape index (κ2) is 9.36. The van der Waals surface area contributed by atoms with Crippen molar-refractivity contribution in [3.63, 3.8) is 0 Å². The molecule has 0 atom stereocenters. The van der Waals surface area contributed by atoms with E-state index < -0.39 is 0 Å². The number of hydrogen-bond donors (Lipinski definition) is 1. The summed E-state index contributed by atoms with van der Waals surface area (Å²) in [6, 6.07) is 19.2. The van der Waals surface area contributed by atoms with Crippen molar-refractivity contribution in [3.05, 3.63) is 72.5 Å². The fourth-order valence-electron chi connectivity index (χ4n) is 2.69. The van der Waals surface area contributed by atoms with Gasteiger partial charge in [-0.15, -0.1) is 27.1 Å². The molecule has 1 N–H and O–H groups in total. The van der Waals surface area contributed by atoms with Crippen LogP contribution in [0.1, 0.15) is 0 Å². The summed E-state index contributed by atoms with van der Waals surface area (Å²) >= 11 is 1.34. The quantitative estimate of drug-likeness (QED) is 0.346. The van der Waals surface area contributed by atoms with Crippen LogP contribution in [0.15, 0.2) is 71.6 Å². The number of benzene rings is 2. The Morgan fingerprint density at radius 2 is 1.83 bits per heavy atom. The first-order valence-corrected chi connectivity index (χ1v) is 10.2. The molecule has 30 heavy (non-hydrogen) atoms. The number of hydrogen-bond acceptors (Lipinski definition) is 6. The van der Waals surface area contributed by atoms with Crippen LogP contribution < -0.4 is 10.1 Å². The van der Waals surface area contributed by atoms with E-state index in [-0.39, 0.29) is 24.1 Å². The summed E-state index contributed by atoms with van der Waals surface area (Å²) in [5.41, 5.74) is 1.52. The topological polar surface area (TPSA) is 81.4 Å². The summed E-state index contributed by atoms with van der Waals surface area (Å²) in [4.78, 5) is 12.8. The SMILES string of the molecule is O=C(CSc1ccc(F)cc1)NCCOc1ccc2nnc(-c3ccccc3)n2n1. The number of halogens is 1. The molecule has 2 aromatic carbocycles. The summed E-state index contributed by atoms with van der Waals surface area (Å²) < 4.78 is 20.2. The van der Waals surface area contributed by atoms with Crippen LogP contribution in [0.2, 0.25) is 0 Å². The molecule has 0 aliphatic carbocycles. The average molecular weight is 423 g/mol. The maximum atomic E-state index is 12.9. The largest absolute Gasteiger partial charge is 0.475 e. The third kappa shape index (κ3) is 4.93. The second-order valence-corrected chi connectivity index (χ2v) is 7.32. The molecule has 0 bridgehead atoms. The molecule has 0 spiro atoms. The van der Waals surface area contributed by atoms with Gasteiger partial charge in [0.1, 0.15) is 12.4 Å². The first kappa shape index (κ1) is 19.8. The Hall–Kier alpha value is -3.46. The molecule has 0 saturated heterocycles. The van der Waals surface area contributed by atoms with Crippen molar-refractivity contribution in [1.29, 1.82) is 0 Å². The summed E-state index contributed by atoms with van der Waals surface area (Å²) in [5, 5.41) is 15.5. The van der Waals surface area contributed by atoms with Crippen molar-refractivity contribution in [2.75, 3.05) is 18.9 Å². The average Bonchev–Trinajstić information content (AvgIpc) is 3.20. The molecule has 2 aromatic heterocycles. The number of nitrogens with one attached hydrogen (secondary N) is 1. The number of carbonyl (C=O) groups is 1. The lowest BCUT2D eigenvalue weighted by molar-refractivity contribution is -0.118. The van der Waals surface area contributed by atoms with Gasteiger partial charge in [-0.2, -0.15) is 4.52 Å². The van der Waals surface area contributed by atoms with Gasteiger partial charge in [0.2, 0.25) is 11.8 Å². The van der Waals surface area contributed by atoms with Gasteiger partial charge in [0.05, 0.1) is 12.3 Å². The highest BCUT2D eigenvalue weighted by atomic mass is 32.2. The zero-order valence-corrected chi connectivity index (χ0v) is 16.7. The summed E-state index contributed by atoms with van der Waals surface area (Å²) in [7, 11) is 0. The smallest absolute Gasteiger partial charge is 0.231 e. The normalized spacial score (nSPS) is 10.8. The standard InChI is InChI=1S/C21H18FN5O2S/c22-16-6-8-17(9-7-16)30-14-19(28)23-12-13-29-20-11-10-18-24-25-21(27(18)26-20)15-4-2-1-3-5-15/h1-11H,12-14H2,(H,23,28). The molecule has 7 nitrogen and oxygen atoms in total. The number of aromatic nitrogens is 4. The Balaban J connectivity index is 1.27. The first-order chi connectivity index (χ1) is 14.7. The molecule has 0 aliphatic heterocycles. The van der Waals surface area contributed by atoms with E-state index in [4.69, 9.17) is 4.74 Å². The van der Waals surface area contributed by atoms with Gasteiger partial charge >= 0.3 is 0 Å². The van der Waals surface area contributed by atoms with Gasteiger partial charge in [-0.1, -0.05) is 30.3 Å². The van der Waals surface area contributed by atoms with Gasteiger partial charge in [-0.05, 0) is 30.3 Å². The van der Waals surface area contributed by atoms with Gasteiger partial charge in [-0.3, -0.25) is 4.79 Å². The molecule has 2 heterocycles. The zero-order valence-electron chi connectivity index (χ0n) is 15.9. The van der Waals surface area contributed by atoms with Crippen molar-refractivity contribution in [2.24, 2.45) is 0 Å². The molecule has 0 aliphatic rings. The van der Waals surface area contributed by atoms with Crippen molar-refractivity contribution in [3.8, 4) is 17.3 Å². The molecule has 0 radical (unpaired) electrons. The Labute approximate surface area is 176 Å². The van der Waals surface area contributed by atoms with E-state index in [0.717, 1.165) is 10.5 Å². The van der Waals surface area contributed by atoms with Crippen molar-refractivity contribution < 1.29 is 13.9 Å². The number of rotatable bonds is 8. The van der Waals surface area contributed by atoms with Crippen LogP contribution in [-0.2, 0) is 4.79 Å². The predicted molar refractivity (Wildman–Crippen MR) is 112 cm³/mol. The van der Waals surface area contributed by atoms with Gasteiger partial charge in [0.25, 0.3) is 0 Å². The number of thioether (sulfide) groups is 1. The van der Waals surface area contributed by atoms with Gasteiger partial charge < -0.3 is 10.1 Å². The number of amides is 1. The number of nitrogens with zero attached hydrogens (tertiary/aromatic N) is 4. The van der Waals surface area contributed by atoms with Crippen LogP contribution in [0.5, 0.6) is 5.88 Å². The van der Waals surface area contributed by atoms with Crippen LogP contribution in [0.4, 0.5) is 4.39 Å². The molecule has 9 heteroatoms. The highest BCUT2D eigenvalue weighted by Gasteiger charge is 2.10. The first-order valence-electron chi connectivity index (χ1n) is 9.25. The molecule has 0 saturated carbocycles. The molecule has 152 valence electrons. The number of fused-ring (bicyclic) bond motifs is 1. The highest BCUT2D eigenvalue weighted by Crippen LogP contribution is 2.19. The van der Waals surface area contributed by atoms with E-state index >= 15 is 0 Å². The van der Waals surface area contributed by atoms with Crippen molar-refractivity contribution in [1.82, 2.24) is 25.1 Å². The van der Waals surface area contributed by atoms with Gasteiger partial charge in [0, 0.05) is 16.5 Å². The predicted octanol–water partition coefficient (Wildman–Crippen LogP) is 3.22. The minimum absolute atomic E-state index is 0.124. The van der Waals surface area contributed by atoms with Crippen molar-refractivity contribution >= 4 is 23.3 Å². The third-order valence-electron chi connectivity index (χ3n) is 4.13. The van der Waals surface area contributed by atoms with E-state index in [1.165, 1.54) is 23.9 Å². The lowest BCUT2D eigenvalue weighted by Crippen LogP contribution is -2.29.